The van der Waals surface area contributed by atoms with Crippen LogP contribution in [0.3, 0.4) is 0 Å². The number of benzene rings is 1. The van der Waals surface area contributed by atoms with Gasteiger partial charge in [-0.3, -0.25) is 0 Å². The van der Waals surface area contributed by atoms with Crippen LogP contribution in [0.1, 0.15) is 0 Å². The Morgan fingerprint density at radius 2 is 1.80 bits per heavy atom. The Bertz CT molecular complexity index is 608. The van der Waals surface area contributed by atoms with Crippen molar-refractivity contribution in [1.82, 2.24) is 4.98 Å². The molecule has 3 rings (SSSR count). The van der Waals surface area contributed by atoms with E-state index in [1.807, 2.05) is 30.3 Å². The van der Waals surface area contributed by atoms with Gasteiger partial charge >= 0.3 is 0 Å². The molecule has 1 aromatic heterocycles. The summed E-state index contributed by atoms with van der Waals surface area (Å²) in [5, 5.41) is 20.4. The van der Waals surface area contributed by atoms with Crippen LogP contribution in [0.4, 0.5) is 5.82 Å². The first-order valence-corrected chi connectivity index (χ1v) is 7.12. The number of fused-ring (bicyclic) bond motifs is 1. The van der Waals surface area contributed by atoms with Crippen LogP contribution < -0.4 is 4.90 Å². The van der Waals surface area contributed by atoms with Gasteiger partial charge in [-0.1, -0.05) is 23.7 Å². The summed E-state index contributed by atoms with van der Waals surface area (Å²) >= 11 is 6.19. The molecule has 2 atom stereocenters. The summed E-state index contributed by atoms with van der Waals surface area (Å²) < 4.78 is 0. The first kappa shape index (κ1) is 13.6. The lowest BCUT2D eigenvalue weighted by Gasteiger charge is -2.18. The molecule has 5 heteroatoms. The molecule has 1 aliphatic heterocycles. The Morgan fingerprint density at radius 3 is 2.45 bits per heavy atom. The minimum atomic E-state index is 0.0933. The Kier molecular flexibility index (Phi) is 3.78. The second-order valence-corrected chi connectivity index (χ2v) is 5.68. The van der Waals surface area contributed by atoms with Crippen molar-refractivity contribution in [3.63, 3.8) is 0 Å². The fourth-order valence-corrected chi connectivity index (χ4v) is 3.04. The number of halogens is 1. The monoisotopic (exact) mass is 292 g/mol. The highest BCUT2D eigenvalue weighted by Gasteiger charge is 2.32. The number of aliphatic hydroxyl groups excluding tert-OH is 2. The second kappa shape index (κ2) is 5.56. The maximum Gasteiger partial charge on any atom is 0.129 e. The number of rotatable bonds is 3. The van der Waals surface area contributed by atoms with E-state index in [1.54, 1.807) is 0 Å². The molecule has 1 aromatic carbocycles. The molecule has 2 aromatic rings. The van der Waals surface area contributed by atoms with E-state index in [2.05, 4.69) is 9.88 Å². The van der Waals surface area contributed by atoms with Gasteiger partial charge in [0.05, 0.1) is 10.5 Å². The Labute approximate surface area is 122 Å². The third kappa shape index (κ3) is 2.35. The number of anilines is 1. The Balaban J connectivity index is 1.93. The predicted molar refractivity (Wildman–Crippen MR) is 80.1 cm³/mol. The van der Waals surface area contributed by atoms with E-state index in [0.29, 0.717) is 18.1 Å². The maximum atomic E-state index is 9.37. The van der Waals surface area contributed by atoms with Gasteiger partial charge in [0.2, 0.25) is 0 Å². The summed E-state index contributed by atoms with van der Waals surface area (Å²) in [5.41, 5.74) is 0.791. The Hall–Kier alpha value is -1.36. The summed E-state index contributed by atoms with van der Waals surface area (Å²) in [7, 11) is 0. The van der Waals surface area contributed by atoms with E-state index in [4.69, 9.17) is 11.6 Å². The number of hydrogen-bond donors (Lipinski definition) is 2. The number of aromatic nitrogens is 1. The molecule has 4 nitrogen and oxygen atoms in total. The van der Waals surface area contributed by atoms with E-state index >= 15 is 0 Å². The van der Waals surface area contributed by atoms with E-state index in [9.17, 15) is 10.2 Å². The third-order valence-corrected chi connectivity index (χ3v) is 4.33. The number of hydrogen-bond acceptors (Lipinski definition) is 4. The van der Waals surface area contributed by atoms with Gasteiger partial charge in [0.15, 0.2) is 0 Å². The van der Waals surface area contributed by atoms with Crippen molar-refractivity contribution >= 4 is 28.3 Å². The molecule has 2 N–H and O–H groups in total. The van der Waals surface area contributed by atoms with E-state index < -0.39 is 0 Å². The van der Waals surface area contributed by atoms with Crippen LogP contribution in [-0.4, -0.2) is 41.5 Å². The molecule has 0 radical (unpaired) electrons. The Morgan fingerprint density at radius 1 is 1.10 bits per heavy atom. The standard InChI is InChI=1S/C15H17ClN2O2/c16-13-3-1-2-10-4-5-14(17-15(10)13)18-6-11(8-19)12(7-18)9-20/h1-5,11-12,19-20H,6-9H2/t11-,12-/m0/s1. The third-order valence-electron chi connectivity index (χ3n) is 4.03. The highest BCUT2D eigenvalue weighted by molar-refractivity contribution is 6.35. The van der Waals surface area contributed by atoms with Crippen molar-refractivity contribution in [2.45, 2.75) is 0 Å². The molecule has 0 aliphatic carbocycles. The molecule has 0 spiro atoms. The summed E-state index contributed by atoms with van der Waals surface area (Å²) in [5.74, 6) is 1.05. The van der Waals surface area contributed by atoms with Crippen LogP contribution in [0.15, 0.2) is 30.3 Å². The molecule has 0 unspecified atom stereocenters. The fourth-order valence-electron chi connectivity index (χ4n) is 2.82. The zero-order chi connectivity index (χ0) is 14.1. The van der Waals surface area contributed by atoms with Crippen LogP contribution in [0.5, 0.6) is 0 Å². The van der Waals surface area contributed by atoms with Crippen molar-refractivity contribution < 1.29 is 10.2 Å². The maximum absolute atomic E-state index is 9.37. The molecular weight excluding hydrogens is 276 g/mol. The molecule has 1 aliphatic rings. The zero-order valence-electron chi connectivity index (χ0n) is 11.0. The van der Waals surface area contributed by atoms with Gasteiger partial charge in [-0.05, 0) is 18.2 Å². The van der Waals surface area contributed by atoms with E-state index in [0.717, 1.165) is 16.7 Å². The average Bonchev–Trinajstić information content (AvgIpc) is 2.90. The minimum absolute atomic E-state index is 0.0933. The topological polar surface area (TPSA) is 56.6 Å². The highest BCUT2D eigenvalue weighted by atomic mass is 35.5. The molecule has 2 heterocycles. The first-order chi connectivity index (χ1) is 9.72. The van der Waals surface area contributed by atoms with Crippen molar-refractivity contribution in [1.29, 1.82) is 0 Å². The molecule has 0 bridgehead atoms. The normalized spacial score (nSPS) is 22.6. The number of pyridine rings is 1. The molecule has 20 heavy (non-hydrogen) atoms. The molecular formula is C15H17ClN2O2. The quantitative estimate of drug-likeness (QED) is 0.907. The summed E-state index contributed by atoms with van der Waals surface area (Å²) in [6.07, 6.45) is 0. The van der Waals surface area contributed by atoms with Gasteiger partial charge in [-0.25, -0.2) is 4.98 Å². The summed E-state index contributed by atoms with van der Waals surface area (Å²) in [6.45, 7) is 1.61. The van der Waals surface area contributed by atoms with Gasteiger partial charge < -0.3 is 15.1 Å². The van der Waals surface area contributed by atoms with Gasteiger partial charge in [0, 0.05) is 43.5 Å². The largest absolute Gasteiger partial charge is 0.396 e. The van der Waals surface area contributed by atoms with Crippen molar-refractivity contribution in [3.05, 3.63) is 35.4 Å². The van der Waals surface area contributed by atoms with Gasteiger partial charge in [-0.2, -0.15) is 0 Å². The van der Waals surface area contributed by atoms with Gasteiger partial charge in [-0.15, -0.1) is 0 Å². The van der Waals surface area contributed by atoms with Crippen LogP contribution in [-0.2, 0) is 0 Å². The number of nitrogens with zero attached hydrogens (tertiary/aromatic N) is 2. The SMILES string of the molecule is OC[C@@H]1CN(c2ccc3cccc(Cl)c3n2)C[C@H]1CO. The molecule has 106 valence electrons. The molecule has 0 saturated carbocycles. The molecule has 1 saturated heterocycles. The first-order valence-electron chi connectivity index (χ1n) is 6.75. The zero-order valence-corrected chi connectivity index (χ0v) is 11.8. The van der Waals surface area contributed by atoms with E-state index in [-0.39, 0.29) is 25.0 Å². The van der Waals surface area contributed by atoms with Crippen molar-refractivity contribution in [2.75, 3.05) is 31.2 Å². The lowest BCUT2D eigenvalue weighted by atomic mass is 9.98. The predicted octanol–water partition coefficient (Wildman–Crippen LogP) is 1.93. The van der Waals surface area contributed by atoms with Crippen LogP contribution in [0.25, 0.3) is 10.9 Å². The minimum Gasteiger partial charge on any atom is -0.396 e. The summed E-state index contributed by atoms with van der Waals surface area (Å²) in [6, 6.07) is 9.69. The lowest BCUT2D eigenvalue weighted by molar-refractivity contribution is 0.152. The van der Waals surface area contributed by atoms with Crippen LogP contribution >= 0.6 is 11.6 Å². The second-order valence-electron chi connectivity index (χ2n) is 5.27. The van der Waals surface area contributed by atoms with Crippen LogP contribution in [0.2, 0.25) is 5.02 Å². The van der Waals surface area contributed by atoms with E-state index in [1.165, 1.54) is 0 Å². The fraction of sp³-hybridized carbons (Fsp3) is 0.400. The molecule has 0 amide bonds. The smallest absolute Gasteiger partial charge is 0.129 e. The van der Waals surface area contributed by atoms with Gasteiger partial charge in [0.1, 0.15) is 5.82 Å². The van der Waals surface area contributed by atoms with Gasteiger partial charge in [0.25, 0.3) is 0 Å². The number of aliphatic hydroxyl groups is 2. The lowest BCUT2D eigenvalue weighted by Crippen LogP contribution is -2.21. The van der Waals surface area contributed by atoms with Crippen molar-refractivity contribution in [3.8, 4) is 0 Å². The summed E-state index contributed by atoms with van der Waals surface area (Å²) in [4.78, 5) is 6.73. The van der Waals surface area contributed by atoms with Crippen molar-refractivity contribution in [2.24, 2.45) is 11.8 Å². The van der Waals surface area contributed by atoms with Crippen LogP contribution in [0, 0.1) is 11.8 Å². The average molecular weight is 293 g/mol. The number of para-hydroxylation sites is 1. The molecule has 1 fully saturated rings. The highest BCUT2D eigenvalue weighted by Crippen LogP contribution is 2.29.